The topological polar surface area (TPSA) is 102 Å². The maximum Gasteiger partial charge on any atom is 0.329 e. The van der Waals surface area contributed by atoms with Gasteiger partial charge in [0.15, 0.2) is 6.10 Å². The fourth-order valence-electron chi connectivity index (χ4n) is 3.98. The summed E-state index contributed by atoms with van der Waals surface area (Å²) in [6, 6.07) is 5.79. The molecule has 4 atom stereocenters. The molecule has 3 rings (SSSR count). The van der Waals surface area contributed by atoms with Crippen molar-refractivity contribution >= 4 is 29.4 Å². The molecular formula is C21H26N2O6. The molecule has 0 spiro atoms. The van der Waals surface area contributed by atoms with Crippen LogP contribution in [-0.2, 0) is 23.9 Å². The number of imide groups is 1. The number of carbonyl (C=O) groups excluding carboxylic acids is 4. The summed E-state index contributed by atoms with van der Waals surface area (Å²) < 4.78 is 10.4. The van der Waals surface area contributed by atoms with Crippen LogP contribution in [0.4, 0.5) is 5.69 Å². The third-order valence-corrected chi connectivity index (χ3v) is 5.63. The van der Waals surface area contributed by atoms with Gasteiger partial charge in [0, 0.05) is 0 Å². The van der Waals surface area contributed by atoms with Crippen molar-refractivity contribution < 1.29 is 28.7 Å². The van der Waals surface area contributed by atoms with E-state index in [1.807, 2.05) is 0 Å². The lowest BCUT2D eigenvalue weighted by Crippen LogP contribution is -2.46. The second kappa shape index (κ2) is 8.63. The number of hydrogen-bond acceptors (Lipinski definition) is 6. The highest BCUT2D eigenvalue weighted by Gasteiger charge is 2.51. The van der Waals surface area contributed by atoms with E-state index in [1.165, 1.54) is 21.0 Å². The molecule has 1 heterocycles. The standard InChI is InChI=1S/C21H26N2O6/c1-12(23-19(25)14-8-4-5-9-15(14)20(23)26)21(27)29-13(2)18(24)22-16-10-6-7-11-17(16)28-3/h6-7,10-15H,4-5,8-9H2,1-3H3,(H,22,24)/t12-,13-,14-,15-/m0/s1. The third kappa shape index (κ3) is 4.11. The number of rotatable bonds is 6. The lowest BCUT2D eigenvalue weighted by molar-refractivity contribution is -0.163. The molecule has 1 aromatic carbocycles. The van der Waals surface area contributed by atoms with Gasteiger partial charge in [-0.2, -0.15) is 0 Å². The number of ether oxygens (including phenoxy) is 2. The summed E-state index contributed by atoms with van der Waals surface area (Å²) >= 11 is 0. The van der Waals surface area contributed by atoms with E-state index in [-0.39, 0.29) is 23.7 Å². The number of benzene rings is 1. The molecule has 0 unspecified atom stereocenters. The molecule has 1 aliphatic carbocycles. The van der Waals surface area contributed by atoms with Crippen molar-refractivity contribution in [3.8, 4) is 5.75 Å². The van der Waals surface area contributed by atoms with Crippen molar-refractivity contribution in [2.75, 3.05) is 12.4 Å². The van der Waals surface area contributed by atoms with Crippen LogP contribution < -0.4 is 10.1 Å². The maximum absolute atomic E-state index is 12.6. The molecule has 8 heteroatoms. The molecule has 1 aliphatic heterocycles. The van der Waals surface area contributed by atoms with Crippen LogP contribution in [0.1, 0.15) is 39.5 Å². The zero-order valence-corrected chi connectivity index (χ0v) is 16.8. The fraction of sp³-hybridized carbons (Fsp3) is 0.524. The average Bonchev–Trinajstić information content (AvgIpc) is 2.98. The van der Waals surface area contributed by atoms with Gasteiger partial charge >= 0.3 is 5.97 Å². The monoisotopic (exact) mass is 402 g/mol. The summed E-state index contributed by atoms with van der Waals surface area (Å²) in [5.41, 5.74) is 0.449. The van der Waals surface area contributed by atoms with Gasteiger partial charge in [-0.25, -0.2) is 4.79 Å². The number of para-hydroxylation sites is 2. The molecule has 0 bridgehead atoms. The zero-order valence-electron chi connectivity index (χ0n) is 16.8. The highest BCUT2D eigenvalue weighted by atomic mass is 16.5. The Hall–Kier alpha value is -2.90. The lowest BCUT2D eigenvalue weighted by Gasteiger charge is -2.23. The first kappa shape index (κ1) is 20.8. The number of fused-ring (bicyclic) bond motifs is 1. The number of esters is 1. The molecule has 1 saturated heterocycles. The molecule has 1 N–H and O–H groups in total. The van der Waals surface area contributed by atoms with E-state index in [0.717, 1.165) is 17.7 Å². The average molecular weight is 402 g/mol. The van der Waals surface area contributed by atoms with Crippen molar-refractivity contribution in [1.82, 2.24) is 4.90 Å². The van der Waals surface area contributed by atoms with Crippen LogP contribution in [0.25, 0.3) is 0 Å². The first-order chi connectivity index (χ1) is 13.8. The van der Waals surface area contributed by atoms with Crippen LogP contribution in [-0.4, -0.2) is 47.8 Å². The normalized spacial score (nSPS) is 23.2. The van der Waals surface area contributed by atoms with Gasteiger partial charge < -0.3 is 14.8 Å². The summed E-state index contributed by atoms with van der Waals surface area (Å²) in [7, 11) is 1.48. The first-order valence-corrected chi connectivity index (χ1v) is 9.86. The van der Waals surface area contributed by atoms with Gasteiger partial charge in [0.2, 0.25) is 11.8 Å². The molecular weight excluding hydrogens is 376 g/mol. The fourth-order valence-corrected chi connectivity index (χ4v) is 3.98. The Morgan fingerprint density at radius 3 is 2.24 bits per heavy atom. The zero-order chi connectivity index (χ0) is 21.1. The van der Waals surface area contributed by atoms with Gasteiger partial charge in [-0.15, -0.1) is 0 Å². The Labute approximate surface area is 169 Å². The van der Waals surface area contributed by atoms with E-state index in [9.17, 15) is 19.2 Å². The molecule has 29 heavy (non-hydrogen) atoms. The van der Waals surface area contributed by atoms with E-state index in [2.05, 4.69) is 5.32 Å². The number of amides is 3. The van der Waals surface area contributed by atoms with Gasteiger partial charge in [0.1, 0.15) is 11.8 Å². The predicted octanol–water partition coefficient (Wildman–Crippen LogP) is 2.13. The van der Waals surface area contributed by atoms with Crippen LogP contribution in [0.15, 0.2) is 24.3 Å². The molecule has 8 nitrogen and oxygen atoms in total. The van der Waals surface area contributed by atoms with Crippen molar-refractivity contribution in [3.63, 3.8) is 0 Å². The molecule has 2 aliphatic rings. The maximum atomic E-state index is 12.6. The van der Waals surface area contributed by atoms with E-state index >= 15 is 0 Å². The largest absolute Gasteiger partial charge is 0.495 e. The van der Waals surface area contributed by atoms with Gasteiger partial charge in [-0.05, 0) is 38.8 Å². The Morgan fingerprint density at radius 2 is 1.66 bits per heavy atom. The molecule has 0 aromatic heterocycles. The lowest BCUT2D eigenvalue weighted by atomic mass is 9.81. The van der Waals surface area contributed by atoms with Crippen molar-refractivity contribution in [1.29, 1.82) is 0 Å². The summed E-state index contributed by atoms with van der Waals surface area (Å²) in [4.78, 5) is 51.2. The number of nitrogens with zero attached hydrogens (tertiary/aromatic N) is 1. The first-order valence-electron chi connectivity index (χ1n) is 9.86. The molecule has 156 valence electrons. The van der Waals surface area contributed by atoms with Gasteiger partial charge in [0.25, 0.3) is 5.91 Å². The number of likely N-dealkylation sites (tertiary alicyclic amines) is 1. The number of hydrogen-bond donors (Lipinski definition) is 1. The van der Waals surface area contributed by atoms with Crippen molar-refractivity contribution in [2.24, 2.45) is 11.8 Å². The van der Waals surface area contributed by atoms with Gasteiger partial charge in [0.05, 0.1) is 24.6 Å². The quantitative estimate of drug-likeness (QED) is 0.578. The Morgan fingerprint density at radius 1 is 1.07 bits per heavy atom. The Bertz CT molecular complexity index is 799. The van der Waals surface area contributed by atoms with Crippen LogP contribution in [0.5, 0.6) is 5.75 Å². The van der Waals surface area contributed by atoms with Crippen LogP contribution in [0.3, 0.4) is 0 Å². The summed E-state index contributed by atoms with van der Waals surface area (Å²) in [6.07, 6.45) is 2.06. The second-order valence-electron chi connectivity index (χ2n) is 7.49. The number of nitrogens with one attached hydrogen (secondary N) is 1. The summed E-state index contributed by atoms with van der Waals surface area (Å²) in [5, 5.41) is 2.64. The van der Waals surface area contributed by atoms with Crippen molar-refractivity contribution in [3.05, 3.63) is 24.3 Å². The summed E-state index contributed by atoms with van der Waals surface area (Å²) in [5.74, 6) is -2.14. The minimum absolute atomic E-state index is 0.310. The van der Waals surface area contributed by atoms with E-state index in [1.54, 1.807) is 24.3 Å². The SMILES string of the molecule is COc1ccccc1NC(=O)[C@H](C)OC(=O)[C@H](C)N1C(=O)[C@H]2CCCC[C@@H]2C1=O. The molecule has 2 fully saturated rings. The third-order valence-electron chi connectivity index (χ3n) is 5.63. The van der Waals surface area contributed by atoms with E-state index in [0.29, 0.717) is 24.3 Å². The van der Waals surface area contributed by atoms with Crippen molar-refractivity contribution in [2.45, 2.75) is 51.7 Å². The molecule has 1 aromatic rings. The minimum Gasteiger partial charge on any atom is -0.495 e. The van der Waals surface area contributed by atoms with Crippen LogP contribution >= 0.6 is 0 Å². The Kier molecular flexibility index (Phi) is 6.20. The highest BCUT2D eigenvalue weighted by molar-refractivity contribution is 6.08. The number of anilines is 1. The van der Waals surface area contributed by atoms with Gasteiger partial charge in [-0.1, -0.05) is 25.0 Å². The number of methoxy groups -OCH3 is 1. The molecule has 1 saturated carbocycles. The second-order valence-corrected chi connectivity index (χ2v) is 7.49. The van der Waals surface area contributed by atoms with Crippen LogP contribution in [0.2, 0.25) is 0 Å². The minimum atomic E-state index is -1.11. The Balaban J connectivity index is 1.62. The summed E-state index contributed by atoms with van der Waals surface area (Å²) in [6.45, 7) is 2.89. The smallest absolute Gasteiger partial charge is 0.329 e. The number of carbonyl (C=O) groups is 4. The van der Waals surface area contributed by atoms with E-state index in [4.69, 9.17) is 9.47 Å². The van der Waals surface area contributed by atoms with E-state index < -0.39 is 24.0 Å². The predicted molar refractivity (Wildman–Crippen MR) is 104 cm³/mol. The highest BCUT2D eigenvalue weighted by Crippen LogP contribution is 2.39. The molecule has 3 amide bonds. The van der Waals surface area contributed by atoms with Gasteiger partial charge in [-0.3, -0.25) is 19.3 Å². The molecule has 0 radical (unpaired) electrons. The van der Waals surface area contributed by atoms with Crippen LogP contribution in [0, 0.1) is 11.8 Å².